The summed E-state index contributed by atoms with van der Waals surface area (Å²) in [7, 11) is 0. The van der Waals surface area contributed by atoms with E-state index in [-0.39, 0.29) is 34.7 Å². The maximum Gasteiger partial charge on any atom is 0.514 e. The molecule has 1 amide bonds. The SMILES string of the molecule is O=C(Oc1ccc(N([O-])O)cc1)OC12CC3CC(CC(NCC(=O)N4Cc5ccccc5C4)(C3)C1)C2. The van der Waals surface area contributed by atoms with Crippen LogP contribution in [0.25, 0.3) is 0 Å². The topological polar surface area (TPSA) is 114 Å². The van der Waals surface area contributed by atoms with Gasteiger partial charge in [0, 0.05) is 25.0 Å². The number of fused-ring (bicyclic) bond motifs is 1. The van der Waals surface area contributed by atoms with Crippen molar-refractivity contribution in [2.24, 2.45) is 11.8 Å². The Bertz CT molecular complexity index is 1130. The van der Waals surface area contributed by atoms with Crippen molar-refractivity contribution in [2.75, 3.05) is 11.8 Å². The van der Waals surface area contributed by atoms with Crippen LogP contribution in [0.1, 0.15) is 49.7 Å². The molecule has 0 spiro atoms. The van der Waals surface area contributed by atoms with Gasteiger partial charge in [-0.3, -0.25) is 10.0 Å². The summed E-state index contributed by atoms with van der Waals surface area (Å²) in [5.41, 5.74) is 1.65. The minimum atomic E-state index is -0.770. The zero-order valence-corrected chi connectivity index (χ0v) is 20.0. The van der Waals surface area contributed by atoms with Gasteiger partial charge in [0.2, 0.25) is 5.91 Å². The lowest BCUT2D eigenvalue weighted by Gasteiger charge is -2.61. The highest BCUT2D eigenvalue weighted by atomic mass is 16.8. The van der Waals surface area contributed by atoms with Crippen molar-refractivity contribution in [3.63, 3.8) is 0 Å². The van der Waals surface area contributed by atoms with Crippen molar-refractivity contribution in [3.05, 3.63) is 64.9 Å². The van der Waals surface area contributed by atoms with Crippen molar-refractivity contribution in [1.29, 1.82) is 0 Å². The molecular weight excluding hydrogens is 462 g/mol. The molecule has 0 saturated heterocycles. The van der Waals surface area contributed by atoms with E-state index in [1.54, 1.807) is 0 Å². The van der Waals surface area contributed by atoms with Gasteiger partial charge in [0.05, 0.1) is 12.2 Å². The maximum absolute atomic E-state index is 13.1. The van der Waals surface area contributed by atoms with Crippen molar-refractivity contribution in [3.8, 4) is 5.75 Å². The highest BCUT2D eigenvalue weighted by Crippen LogP contribution is 2.59. The third-order valence-electron chi connectivity index (χ3n) is 8.37. The highest BCUT2D eigenvalue weighted by molar-refractivity contribution is 5.79. The predicted octanol–water partition coefficient (Wildman–Crippen LogP) is 4.12. The van der Waals surface area contributed by atoms with Gasteiger partial charge in [0.15, 0.2) is 0 Å². The van der Waals surface area contributed by atoms with Crippen molar-refractivity contribution in [2.45, 2.75) is 62.8 Å². The smallest absolute Gasteiger partial charge is 0.514 e. The number of nitrogens with zero attached hydrogens (tertiary/aromatic N) is 2. The van der Waals surface area contributed by atoms with Crippen LogP contribution in [-0.2, 0) is 22.6 Å². The zero-order valence-electron chi connectivity index (χ0n) is 20.0. The van der Waals surface area contributed by atoms with Gasteiger partial charge in [0.25, 0.3) is 0 Å². The van der Waals surface area contributed by atoms with Crippen LogP contribution >= 0.6 is 0 Å². The molecule has 2 aromatic carbocycles. The third-order valence-corrected chi connectivity index (χ3v) is 8.37. The molecule has 9 heteroatoms. The number of amides is 1. The summed E-state index contributed by atoms with van der Waals surface area (Å²) in [4.78, 5) is 27.7. The van der Waals surface area contributed by atoms with E-state index in [4.69, 9.17) is 14.7 Å². The average Bonchev–Trinajstić information content (AvgIpc) is 3.26. The van der Waals surface area contributed by atoms with E-state index in [9.17, 15) is 14.8 Å². The van der Waals surface area contributed by atoms with E-state index in [0.29, 0.717) is 31.3 Å². The fourth-order valence-corrected chi connectivity index (χ4v) is 7.32. The van der Waals surface area contributed by atoms with Crippen LogP contribution in [0, 0.1) is 17.0 Å². The first kappa shape index (κ1) is 23.3. The summed E-state index contributed by atoms with van der Waals surface area (Å²) in [5, 5.41) is 23.3. The second-order valence-corrected chi connectivity index (χ2v) is 11.0. The molecule has 1 aliphatic heterocycles. The molecule has 4 bridgehead atoms. The van der Waals surface area contributed by atoms with Gasteiger partial charge in [0.1, 0.15) is 11.4 Å². The lowest BCUT2D eigenvalue weighted by atomic mass is 9.51. The summed E-state index contributed by atoms with van der Waals surface area (Å²) in [6.45, 7) is 1.59. The quantitative estimate of drug-likeness (QED) is 0.352. The molecule has 7 rings (SSSR count). The fraction of sp³-hybridized carbons (Fsp3) is 0.481. The lowest BCUT2D eigenvalue weighted by Crippen LogP contribution is -2.66. The molecule has 4 aliphatic carbocycles. The maximum atomic E-state index is 13.1. The molecular formula is C27H30N3O6-. The normalized spacial score (nSPS) is 29.7. The molecule has 4 fully saturated rings. The first-order valence-electron chi connectivity index (χ1n) is 12.6. The van der Waals surface area contributed by atoms with E-state index in [1.165, 1.54) is 35.4 Å². The van der Waals surface area contributed by atoms with Gasteiger partial charge in [-0.2, -0.15) is 0 Å². The van der Waals surface area contributed by atoms with Crippen LogP contribution in [0.5, 0.6) is 5.75 Å². The van der Waals surface area contributed by atoms with Crippen LogP contribution in [0.2, 0.25) is 0 Å². The third kappa shape index (κ3) is 4.42. The van der Waals surface area contributed by atoms with E-state index in [1.807, 2.05) is 17.0 Å². The van der Waals surface area contributed by atoms with E-state index >= 15 is 0 Å². The number of benzene rings is 2. The van der Waals surface area contributed by atoms with E-state index in [2.05, 4.69) is 17.4 Å². The van der Waals surface area contributed by atoms with Crippen LogP contribution in [0.3, 0.4) is 0 Å². The number of rotatable bonds is 6. The molecule has 1 heterocycles. The summed E-state index contributed by atoms with van der Waals surface area (Å²) in [6, 6.07) is 13.8. The number of nitrogens with one attached hydrogen (secondary N) is 1. The average molecular weight is 493 g/mol. The number of hydrogen-bond donors (Lipinski definition) is 2. The number of hydrogen-bond acceptors (Lipinski definition) is 8. The number of carbonyl (C=O) groups is 2. The zero-order chi connectivity index (χ0) is 24.9. The monoisotopic (exact) mass is 492 g/mol. The van der Waals surface area contributed by atoms with Crippen LogP contribution < -0.4 is 15.3 Å². The molecule has 36 heavy (non-hydrogen) atoms. The van der Waals surface area contributed by atoms with Crippen molar-refractivity contribution < 1.29 is 24.3 Å². The van der Waals surface area contributed by atoms with Crippen molar-refractivity contribution >= 4 is 17.7 Å². The Labute approximate surface area is 209 Å². The Hall–Kier alpha value is -3.14. The Morgan fingerprint density at radius 1 is 1.03 bits per heavy atom. The Morgan fingerprint density at radius 3 is 2.28 bits per heavy atom. The lowest BCUT2D eigenvalue weighted by molar-refractivity contribution is -0.154. The van der Waals surface area contributed by atoms with Crippen LogP contribution in [-0.4, -0.2) is 39.9 Å². The Kier molecular flexibility index (Phi) is 5.66. The minimum absolute atomic E-state index is 0.0391. The summed E-state index contributed by atoms with van der Waals surface area (Å²) in [5.74, 6) is 1.23. The molecule has 5 aliphatic rings. The van der Waals surface area contributed by atoms with Gasteiger partial charge in [-0.25, -0.2) is 4.79 Å². The molecule has 190 valence electrons. The summed E-state index contributed by atoms with van der Waals surface area (Å²) in [6.07, 6.45) is 4.64. The van der Waals surface area contributed by atoms with Gasteiger partial charge in [-0.15, -0.1) is 0 Å². The van der Waals surface area contributed by atoms with Gasteiger partial charge in [-0.05, 0) is 79.3 Å². The summed E-state index contributed by atoms with van der Waals surface area (Å²) < 4.78 is 11.4. The Balaban J connectivity index is 1.09. The number of carbonyl (C=O) groups excluding carboxylic acids is 2. The van der Waals surface area contributed by atoms with Gasteiger partial charge >= 0.3 is 6.16 Å². The molecule has 2 unspecified atom stereocenters. The largest absolute Gasteiger partial charge is 0.733 e. The second kappa shape index (κ2) is 8.76. The molecule has 2 N–H and O–H groups in total. The number of ether oxygens (including phenoxy) is 2. The predicted molar refractivity (Wildman–Crippen MR) is 130 cm³/mol. The molecule has 2 aromatic rings. The van der Waals surface area contributed by atoms with Crippen molar-refractivity contribution in [1.82, 2.24) is 10.2 Å². The summed E-state index contributed by atoms with van der Waals surface area (Å²) >= 11 is 0. The van der Waals surface area contributed by atoms with Crippen LogP contribution in [0.4, 0.5) is 10.5 Å². The first-order valence-corrected chi connectivity index (χ1v) is 12.6. The minimum Gasteiger partial charge on any atom is -0.733 e. The highest BCUT2D eigenvalue weighted by Gasteiger charge is 2.59. The van der Waals surface area contributed by atoms with Gasteiger partial charge in [-0.1, -0.05) is 24.3 Å². The second-order valence-electron chi connectivity index (χ2n) is 11.0. The molecule has 9 nitrogen and oxygen atoms in total. The van der Waals surface area contributed by atoms with Gasteiger partial charge < -0.3 is 30.1 Å². The Morgan fingerprint density at radius 2 is 1.67 bits per heavy atom. The fourth-order valence-electron chi connectivity index (χ4n) is 7.32. The standard InChI is InChI=1S/C27H30N3O6/c31-24(29-15-20-3-1-2-4-21(20)16-29)14-28-26-10-18-9-19(11-26)13-27(12-18,17-26)36-25(32)35-23-7-5-22(6-8-23)30(33)34/h1-8,18-19,28,33H,9-17H2/q-1. The molecule has 4 saturated carbocycles. The van der Waals surface area contributed by atoms with Crippen LogP contribution in [0.15, 0.2) is 48.5 Å². The van der Waals surface area contributed by atoms with E-state index in [0.717, 1.165) is 32.1 Å². The molecule has 0 radical (unpaired) electrons. The number of anilines is 1. The van der Waals surface area contributed by atoms with E-state index < -0.39 is 11.8 Å². The molecule has 0 aromatic heterocycles. The first-order chi connectivity index (χ1) is 17.3. The molecule has 2 atom stereocenters.